The van der Waals surface area contributed by atoms with Gasteiger partial charge < -0.3 is 10.0 Å². The molecule has 0 spiro atoms. The summed E-state index contributed by atoms with van der Waals surface area (Å²) in [4.78, 5) is 34.2. The van der Waals surface area contributed by atoms with Crippen molar-refractivity contribution in [3.8, 4) is 6.07 Å². The number of amides is 3. The summed E-state index contributed by atoms with van der Waals surface area (Å²) in [5.41, 5.74) is 0. The predicted molar refractivity (Wildman–Crippen MR) is 57.9 cm³/mol. The van der Waals surface area contributed by atoms with E-state index in [0.29, 0.717) is 6.54 Å². The summed E-state index contributed by atoms with van der Waals surface area (Å²) >= 11 is 0. The number of carboxylic acids is 1. The maximum atomic E-state index is 11.5. The lowest BCUT2D eigenvalue weighted by molar-refractivity contribution is -0.138. The van der Waals surface area contributed by atoms with Gasteiger partial charge in [0.15, 0.2) is 0 Å². The minimum atomic E-state index is -1.09. The van der Waals surface area contributed by atoms with E-state index in [1.165, 1.54) is 4.90 Å². The van der Waals surface area contributed by atoms with Crippen molar-refractivity contribution < 1.29 is 19.5 Å². The Balaban J connectivity index is 4.08. The molecule has 0 aliphatic heterocycles. The third-order valence-electron chi connectivity index (χ3n) is 1.97. The van der Waals surface area contributed by atoms with E-state index < -0.39 is 17.9 Å². The summed E-state index contributed by atoms with van der Waals surface area (Å²) in [5.74, 6) is -1.72. The quantitative estimate of drug-likeness (QED) is 0.695. The van der Waals surface area contributed by atoms with Gasteiger partial charge in [0, 0.05) is 19.5 Å². The third-order valence-corrected chi connectivity index (χ3v) is 1.97. The minimum Gasteiger partial charge on any atom is -0.481 e. The van der Waals surface area contributed by atoms with Crippen molar-refractivity contribution in [2.75, 3.05) is 13.1 Å². The van der Waals surface area contributed by atoms with Crippen LogP contribution in [0, 0.1) is 11.3 Å². The fraction of sp³-hybridized carbons (Fsp3) is 0.600. The van der Waals surface area contributed by atoms with Crippen LogP contribution >= 0.6 is 0 Å². The lowest BCUT2D eigenvalue weighted by Gasteiger charge is -2.19. The van der Waals surface area contributed by atoms with Gasteiger partial charge in [0.2, 0.25) is 5.91 Å². The Labute approximate surface area is 99.0 Å². The number of hydrogen-bond acceptors (Lipinski definition) is 4. The highest BCUT2D eigenvalue weighted by Gasteiger charge is 2.14. The zero-order chi connectivity index (χ0) is 13.3. The first kappa shape index (κ1) is 14.9. The maximum absolute atomic E-state index is 11.5. The number of nitrogens with one attached hydrogen (secondary N) is 1. The Morgan fingerprint density at radius 2 is 2.00 bits per heavy atom. The standard InChI is InChI=1S/C10H15N3O4/c1-2-13(7-3-6-11)10(17)12-8(14)4-5-9(15)16/h2-5,7H2,1H3,(H,15,16)(H,12,14,17). The molecule has 94 valence electrons. The molecule has 0 radical (unpaired) electrons. The molecule has 0 aromatic carbocycles. The fourth-order valence-electron chi connectivity index (χ4n) is 1.07. The van der Waals surface area contributed by atoms with E-state index in [4.69, 9.17) is 10.4 Å². The number of carbonyl (C=O) groups excluding carboxylic acids is 2. The molecule has 0 aromatic rings. The number of urea groups is 1. The third kappa shape index (κ3) is 6.89. The fourth-order valence-corrected chi connectivity index (χ4v) is 1.07. The van der Waals surface area contributed by atoms with Crippen LogP contribution in [-0.4, -0.2) is 41.0 Å². The molecule has 7 heteroatoms. The largest absolute Gasteiger partial charge is 0.481 e. The first-order valence-corrected chi connectivity index (χ1v) is 5.18. The van der Waals surface area contributed by atoms with Gasteiger partial charge in [0.05, 0.1) is 18.9 Å². The van der Waals surface area contributed by atoms with Crippen LogP contribution in [0.3, 0.4) is 0 Å². The van der Waals surface area contributed by atoms with Gasteiger partial charge in [-0.2, -0.15) is 5.26 Å². The molecule has 17 heavy (non-hydrogen) atoms. The average Bonchev–Trinajstić information content (AvgIpc) is 2.27. The van der Waals surface area contributed by atoms with Crippen LogP contribution in [0.25, 0.3) is 0 Å². The number of imide groups is 1. The Morgan fingerprint density at radius 1 is 1.35 bits per heavy atom. The molecule has 2 N–H and O–H groups in total. The summed E-state index contributed by atoms with van der Waals surface area (Å²) in [6.07, 6.45) is -0.370. The molecule has 0 unspecified atom stereocenters. The van der Waals surface area contributed by atoms with Gasteiger partial charge in [-0.15, -0.1) is 0 Å². The van der Waals surface area contributed by atoms with E-state index in [-0.39, 0.29) is 25.8 Å². The SMILES string of the molecule is CCN(CCC#N)C(=O)NC(=O)CCC(=O)O. The summed E-state index contributed by atoms with van der Waals surface area (Å²) in [6, 6.07) is 1.30. The van der Waals surface area contributed by atoms with E-state index >= 15 is 0 Å². The normalized spacial score (nSPS) is 9.18. The van der Waals surface area contributed by atoms with E-state index in [1.807, 2.05) is 6.07 Å². The molecule has 0 aromatic heterocycles. The van der Waals surface area contributed by atoms with Crippen LogP contribution < -0.4 is 5.32 Å². The summed E-state index contributed by atoms with van der Waals surface area (Å²) in [5, 5.41) is 18.8. The van der Waals surface area contributed by atoms with Crippen LogP contribution in [0.1, 0.15) is 26.2 Å². The summed E-state index contributed by atoms with van der Waals surface area (Å²) in [6.45, 7) is 2.34. The average molecular weight is 241 g/mol. The van der Waals surface area contributed by atoms with Gasteiger partial charge in [-0.25, -0.2) is 4.79 Å². The highest BCUT2D eigenvalue weighted by Crippen LogP contribution is 1.94. The minimum absolute atomic E-state index is 0.185. The first-order valence-electron chi connectivity index (χ1n) is 5.18. The first-order chi connectivity index (χ1) is 8.01. The molecule has 0 heterocycles. The second kappa shape index (κ2) is 8.10. The van der Waals surface area contributed by atoms with E-state index in [0.717, 1.165) is 0 Å². The van der Waals surface area contributed by atoms with E-state index in [2.05, 4.69) is 5.32 Å². The van der Waals surface area contributed by atoms with Gasteiger partial charge in [0.1, 0.15) is 0 Å². The Hall–Kier alpha value is -2.10. The molecule has 0 saturated carbocycles. The molecule has 7 nitrogen and oxygen atoms in total. The van der Waals surface area contributed by atoms with Crippen molar-refractivity contribution in [2.45, 2.75) is 26.2 Å². The number of aliphatic carboxylic acids is 1. The molecule has 0 bridgehead atoms. The van der Waals surface area contributed by atoms with Crippen molar-refractivity contribution in [3.63, 3.8) is 0 Å². The number of nitriles is 1. The smallest absolute Gasteiger partial charge is 0.324 e. The molecule has 0 aliphatic carbocycles. The second-order valence-corrected chi connectivity index (χ2v) is 3.23. The van der Waals surface area contributed by atoms with E-state index in [9.17, 15) is 14.4 Å². The molecular weight excluding hydrogens is 226 g/mol. The second-order valence-electron chi connectivity index (χ2n) is 3.23. The predicted octanol–water partition coefficient (Wildman–Crippen LogP) is 0.323. The Kier molecular flexibility index (Phi) is 7.10. The summed E-state index contributed by atoms with van der Waals surface area (Å²) in [7, 11) is 0. The number of carbonyl (C=O) groups is 3. The lowest BCUT2D eigenvalue weighted by Crippen LogP contribution is -2.43. The molecular formula is C10H15N3O4. The van der Waals surface area contributed by atoms with Crippen LogP contribution in [0.15, 0.2) is 0 Å². The van der Waals surface area contributed by atoms with Crippen molar-refractivity contribution in [1.29, 1.82) is 5.26 Å². The number of carboxylic acid groups (broad SMARTS) is 1. The van der Waals surface area contributed by atoms with Gasteiger partial charge in [0.25, 0.3) is 0 Å². The molecule has 0 atom stereocenters. The van der Waals surface area contributed by atoms with Gasteiger partial charge >= 0.3 is 12.0 Å². The molecule has 0 aliphatic rings. The Morgan fingerprint density at radius 3 is 2.47 bits per heavy atom. The molecule has 0 rings (SSSR count). The van der Waals surface area contributed by atoms with Crippen LogP contribution in [0.5, 0.6) is 0 Å². The molecule has 0 saturated heterocycles. The number of hydrogen-bond donors (Lipinski definition) is 2. The highest BCUT2D eigenvalue weighted by molar-refractivity contribution is 5.95. The van der Waals surface area contributed by atoms with Gasteiger partial charge in [-0.3, -0.25) is 14.9 Å². The van der Waals surface area contributed by atoms with Crippen molar-refractivity contribution >= 4 is 17.9 Å². The lowest BCUT2D eigenvalue weighted by atomic mass is 10.3. The summed E-state index contributed by atoms with van der Waals surface area (Å²) < 4.78 is 0. The number of nitrogens with zero attached hydrogens (tertiary/aromatic N) is 2. The van der Waals surface area contributed by atoms with Crippen LogP contribution in [0.2, 0.25) is 0 Å². The van der Waals surface area contributed by atoms with Crippen molar-refractivity contribution in [2.24, 2.45) is 0 Å². The van der Waals surface area contributed by atoms with Crippen molar-refractivity contribution in [1.82, 2.24) is 10.2 Å². The number of rotatable bonds is 6. The monoisotopic (exact) mass is 241 g/mol. The topological polar surface area (TPSA) is 111 Å². The zero-order valence-electron chi connectivity index (χ0n) is 9.60. The van der Waals surface area contributed by atoms with Crippen LogP contribution in [0.4, 0.5) is 4.79 Å². The van der Waals surface area contributed by atoms with E-state index in [1.54, 1.807) is 6.92 Å². The molecule has 0 fully saturated rings. The van der Waals surface area contributed by atoms with Crippen molar-refractivity contribution in [3.05, 3.63) is 0 Å². The zero-order valence-corrected chi connectivity index (χ0v) is 9.60. The maximum Gasteiger partial charge on any atom is 0.324 e. The Bertz CT molecular complexity index is 335. The van der Waals surface area contributed by atoms with Gasteiger partial charge in [-0.1, -0.05) is 0 Å². The van der Waals surface area contributed by atoms with Gasteiger partial charge in [-0.05, 0) is 6.92 Å². The highest BCUT2D eigenvalue weighted by atomic mass is 16.4. The molecule has 3 amide bonds. The van der Waals surface area contributed by atoms with Crippen LogP contribution in [-0.2, 0) is 9.59 Å².